The minimum Gasteiger partial charge on any atom is -0.336 e. The summed E-state index contributed by atoms with van der Waals surface area (Å²) >= 11 is 0. The third-order valence-electron chi connectivity index (χ3n) is 5.64. The van der Waals surface area contributed by atoms with Crippen LogP contribution in [-0.4, -0.2) is 46.4 Å². The molecule has 1 aromatic carbocycles. The fraction of sp³-hybridized carbons (Fsp3) is 0.455. The van der Waals surface area contributed by atoms with Crippen LogP contribution in [0.15, 0.2) is 48.0 Å². The van der Waals surface area contributed by atoms with Crippen molar-refractivity contribution in [1.82, 2.24) is 14.8 Å². The predicted octanol–water partition coefficient (Wildman–Crippen LogP) is 3.77. The number of nitrogens with zero attached hydrogens (tertiary/aromatic N) is 3. The zero-order valence-corrected chi connectivity index (χ0v) is 15.5. The zero-order valence-electron chi connectivity index (χ0n) is 15.5. The Labute approximate surface area is 155 Å². The molecule has 1 fully saturated rings. The molecule has 0 aliphatic carbocycles. The van der Waals surface area contributed by atoms with E-state index in [0.717, 1.165) is 56.7 Å². The van der Waals surface area contributed by atoms with E-state index in [1.165, 1.54) is 17.4 Å². The molecule has 0 saturated carbocycles. The van der Waals surface area contributed by atoms with Gasteiger partial charge in [0.2, 0.25) is 5.91 Å². The summed E-state index contributed by atoms with van der Waals surface area (Å²) in [4.78, 5) is 21.4. The molecule has 2 aliphatic rings. The van der Waals surface area contributed by atoms with Crippen LogP contribution in [-0.2, 0) is 11.3 Å². The Bertz CT molecular complexity index is 829. The lowest BCUT2D eigenvalue weighted by Crippen LogP contribution is -2.46. The lowest BCUT2D eigenvalue weighted by molar-refractivity contribution is -0.131. The number of hydrogen-bond donors (Lipinski definition) is 0. The summed E-state index contributed by atoms with van der Waals surface area (Å²) in [6, 6.07) is 12.9. The molecule has 0 unspecified atom stereocenters. The van der Waals surface area contributed by atoms with Crippen LogP contribution < -0.4 is 0 Å². The number of rotatable bonds is 3. The number of likely N-dealkylation sites (tertiary alicyclic amines) is 1. The van der Waals surface area contributed by atoms with Crippen LogP contribution in [0.5, 0.6) is 0 Å². The molecule has 1 aromatic heterocycles. The maximum atomic E-state index is 12.0. The monoisotopic (exact) mass is 349 g/mol. The van der Waals surface area contributed by atoms with Gasteiger partial charge in [0, 0.05) is 38.5 Å². The molecule has 2 aromatic rings. The van der Waals surface area contributed by atoms with E-state index >= 15 is 0 Å². The fourth-order valence-corrected chi connectivity index (χ4v) is 4.33. The highest BCUT2D eigenvalue weighted by molar-refractivity contribution is 5.78. The molecular weight excluding hydrogens is 322 g/mol. The van der Waals surface area contributed by atoms with Crippen LogP contribution in [0.2, 0.25) is 0 Å². The van der Waals surface area contributed by atoms with E-state index in [9.17, 15) is 4.79 Å². The van der Waals surface area contributed by atoms with Crippen molar-refractivity contribution in [3.8, 4) is 0 Å². The normalized spacial score (nSPS) is 21.7. The summed E-state index contributed by atoms with van der Waals surface area (Å²) in [5.41, 5.74) is 3.61. The molecular formula is C22H27N3O. The summed E-state index contributed by atoms with van der Waals surface area (Å²) in [5, 5.41) is 1.19. The quantitative estimate of drug-likeness (QED) is 0.792. The SMILES string of the molecule is CC(=O)N1CCCC[C@@H]1C1=CCCN(Cc2ccc3ccccc3n2)C1. The van der Waals surface area contributed by atoms with Crippen LogP contribution in [0.4, 0.5) is 0 Å². The Morgan fingerprint density at radius 3 is 2.92 bits per heavy atom. The van der Waals surface area contributed by atoms with E-state index in [4.69, 9.17) is 4.98 Å². The molecule has 1 amide bonds. The van der Waals surface area contributed by atoms with Gasteiger partial charge in [0.15, 0.2) is 0 Å². The van der Waals surface area contributed by atoms with Gasteiger partial charge in [-0.25, -0.2) is 0 Å². The summed E-state index contributed by atoms with van der Waals surface area (Å²) in [6.07, 6.45) is 6.89. The first-order chi connectivity index (χ1) is 12.7. The van der Waals surface area contributed by atoms with Crippen molar-refractivity contribution in [2.45, 2.75) is 45.2 Å². The molecule has 2 aliphatic heterocycles. The maximum Gasteiger partial charge on any atom is 0.219 e. The van der Waals surface area contributed by atoms with Crippen LogP contribution in [0.3, 0.4) is 0 Å². The first-order valence-corrected chi connectivity index (χ1v) is 9.74. The molecule has 1 atom stereocenters. The van der Waals surface area contributed by atoms with Crippen LogP contribution >= 0.6 is 0 Å². The van der Waals surface area contributed by atoms with Crippen LogP contribution in [0.25, 0.3) is 10.9 Å². The fourth-order valence-electron chi connectivity index (χ4n) is 4.33. The molecule has 0 radical (unpaired) electrons. The van der Waals surface area contributed by atoms with Crippen molar-refractivity contribution in [1.29, 1.82) is 0 Å². The molecule has 0 N–H and O–H groups in total. The highest BCUT2D eigenvalue weighted by Crippen LogP contribution is 2.27. The summed E-state index contributed by atoms with van der Waals surface area (Å²) in [6.45, 7) is 5.49. The smallest absolute Gasteiger partial charge is 0.219 e. The van der Waals surface area contributed by atoms with E-state index in [0.29, 0.717) is 6.04 Å². The Kier molecular flexibility index (Phi) is 5.02. The van der Waals surface area contributed by atoms with Crippen molar-refractivity contribution in [3.63, 3.8) is 0 Å². The van der Waals surface area contributed by atoms with Gasteiger partial charge in [-0.05, 0) is 43.4 Å². The van der Waals surface area contributed by atoms with E-state index in [1.54, 1.807) is 6.92 Å². The average Bonchev–Trinajstić information content (AvgIpc) is 2.68. The highest BCUT2D eigenvalue weighted by atomic mass is 16.2. The number of carbonyl (C=O) groups excluding carboxylic acids is 1. The number of piperidine rings is 1. The minimum atomic E-state index is 0.212. The van der Waals surface area contributed by atoms with Crippen molar-refractivity contribution < 1.29 is 4.79 Å². The van der Waals surface area contributed by atoms with Gasteiger partial charge < -0.3 is 4.90 Å². The van der Waals surface area contributed by atoms with Gasteiger partial charge in [-0.15, -0.1) is 0 Å². The predicted molar refractivity (Wildman–Crippen MR) is 105 cm³/mol. The number of benzene rings is 1. The summed E-state index contributed by atoms with van der Waals surface area (Å²) < 4.78 is 0. The van der Waals surface area contributed by atoms with E-state index in [1.807, 2.05) is 6.07 Å². The number of hydrogen-bond acceptors (Lipinski definition) is 3. The lowest BCUT2D eigenvalue weighted by Gasteiger charge is -2.39. The number of para-hydroxylation sites is 1. The van der Waals surface area contributed by atoms with Crippen LogP contribution in [0, 0.1) is 0 Å². The van der Waals surface area contributed by atoms with Gasteiger partial charge in [-0.3, -0.25) is 14.7 Å². The van der Waals surface area contributed by atoms with Gasteiger partial charge in [0.25, 0.3) is 0 Å². The van der Waals surface area contributed by atoms with Gasteiger partial charge in [-0.2, -0.15) is 0 Å². The molecule has 26 heavy (non-hydrogen) atoms. The minimum absolute atomic E-state index is 0.212. The highest BCUT2D eigenvalue weighted by Gasteiger charge is 2.29. The third kappa shape index (κ3) is 3.65. The molecule has 0 spiro atoms. The first-order valence-electron chi connectivity index (χ1n) is 9.74. The topological polar surface area (TPSA) is 36.4 Å². The molecule has 4 rings (SSSR count). The third-order valence-corrected chi connectivity index (χ3v) is 5.64. The van der Waals surface area contributed by atoms with Crippen molar-refractivity contribution in [3.05, 3.63) is 53.7 Å². The number of amides is 1. The molecule has 4 nitrogen and oxygen atoms in total. The number of carbonyl (C=O) groups is 1. The molecule has 3 heterocycles. The first kappa shape index (κ1) is 17.2. The second-order valence-corrected chi connectivity index (χ2v) is 7.50. The Hall–Kier alpha value is -2.20. The van der Waals surface area contributed by atoms with Gasteiger partial charge >= 0.3 is 0 Å². The average molecular weight is 349 g/mol. The van der Waals surface area contributed by atoms with Crippen molar-refractivity contribution in [2.24, 2.45) is 0 Å². The number of pyridine rings is 1. The summed E-state index contributed by atoms with van der Waals surface area (Å²) in [7, 11) is 0. The Balaban J connectivity index is 1.47. The number of fused-ring (bicyclic) bond motifs is 1. The standard InChI is InChI=1S/C22H27N3O/c1-17(26)25-14-5-4-10-22(25)19-8-6-13-24(15-19)16-20-12-11-18-7-2-3-9-21(18)23-20/h2-3,7-9,11-12,22H,4-6,10,13-16H2,1H3/t22-/m1/s1. The zero-order chi connectivity index (χ0) is 17.9. The van der Waals surface area contributed by atoms with Gasteiger partial charge in [0.05, 0.1) is 17.3 Å². The summed E-state index contributed by atoms with van der Waals surface area (Å²) in [5.74, 6) is 0.212. The maximum absolute atomic E-state index is 12.0. The lowest BCUT2D eigenvalue weighted by atomic mass is 9.92. The van der Waals surface area contributed by atoms with Gasteiger partial charge in [0.1, 0.15) is 0 Å². The molecule has 136 valence electrons. The van der Waals surface area contributed by atoms with Crippen LogP contribution in [0.1, 0.15) is 38.3 Å². The molecule has 4 heteroatoms. The molecule has 1 saturated heterocycles. The van der Waals surface area contributed by atoms with E-state index in [-0.39, 0.29) is 5.91 Å². The second-order valence-electron chi connectivity index (χ2n) is 7.50. The number of aromatic nitrogens is 1. The Morgan fingerprint density at radius 1 is 1.15 bits per heavy atom. The second kappa shape index (κ2) is 7.58. The van der Waals surface area contributed by atoms with Crippen molar-refractivity contribution >= 4 is 16.8 Å². The van der Waals surface area contributed by atoms with Gasteiger partial charge in [-0.1, -0.05) is 30.3 Å². The Morgan fingerprint density at radius 2 is 2.04 bits per heavy atom. The largest absolute Gasteiger partial charge is 0.336 e. The molecule has 0 bridgehead atoms. The van der Waals surface area contributed by atoms with E-state index in [2.05, 4.69) is 46.2 Å². The van der Waals surface area contributed by atoms with Crippen molar-refractivity contribution in [2.75, 3.05) is 19.6 Å². The van der Waals surface area contributed by atoms with E-state index < -0.39 is 0 Å².